The molecule has 0 unspecified atom stereocenters. The summed E-state index contributed by atoms with van der Waals surface area (Å²) in [6.07, 6.45) is 5.98. The van der Waals surface area contributed by atoms with Crippen molar-refractivity contribution in [3.05, 3.63) is 48.2 Å². The van der Waals surface area contributed by atoms with Gasteiger partial charge in [0.25, 0.3) is 0 Å². The third-order valence-corrected chi connectivity index (χ3v) is 5.35. The lowest BCUT2D eigenvalue weighted by molar-refractivity contribution is -0.139. The Labute approximate surface area is 164 Å². The topological polar surface area (TPSA) is 87.6 Å². The molecule has 0 bridgehead atoms. The fourth-order valence-corrected chi connectivity index (χ4v) is 3.56. The van der Waals surface area contributed by atoms with Gasteiger partial charge in [0.2, 0.25) is 11.8 Å². The number of ether oxygens (including phenoxy) is 1. The van der Waals surface area contributed by atoms with Crippen molar-refractivity contribution < 1.29 is 14.6 Å². The highest BCUT2D eigenvalue weighted by Gasteiger charge is 2.37. The average Bonchev–Trinajstić information content (AvgIpc) is 3.47. The highest BCUT2D eigenvalue weighted by molar-refractivity contribution is 5.69. The zero-order valence-corrected chi connectivity index (χ0v) is 15.8. The third kappa shape index (κ3) is 5.19. The molecular formula is C21H26N4O3. The van der Waals surface area contributed by atoms with E-state index < -0.39 is 5.97 Å². The van der Waals surface area contributed by atoms with E-state index in [0.717, 1.165) is 24.9 Å². The molecule has 2 aliphatic rings. The van der Waals surface area contributed by atoms with Crippen LogP contribution in [0.3, 0.4) is 0 Å². The normalized spacial score (nSPS) is 21.2. The number of rotatable bonds is 10. The minimum Gasteiger partial charge on any atom is -0.480 e. The maximum atomic E-state index is 11.1. The van der Waals surface area contributed by atoms with E-state index in [4.69, 9.17) is 9.84 Å². The number of benzene rings is 1. The largest absolute Gasteiger partial charge is 0.480 e. The van der Waals surface area contributed by atoms with Crippen molar-refractivity contribution in [3.63, 3.8) is 0 Å². The summed E-state index contributed by atoms with van der Waals surface area (Å²) in [6.45, 7) is 1.50. The van der Waals surface area contributed by atoms with Crippen LogP contribution in [-0.2, 0) is 11.4 Å². The van der Waals surface area contributed by atoms with Gasteiger partial charge in [0.05, 0.1) is 6.54 Å². The summed E-state index contributed by atoms with van der Waals surface area (Å²) in [4.78, 5) is 22.0. The molecular weight excluding hydrogens is 356 g/mol. The molecule has 7 nitrogen and oxygen atoms in total. The number of hydrogen-bond donors (Lipinski definition) is 2. The molecule has 148 valence electrons. The minimum atomic E-state index is -0.747. The van der Waals surface area contributed by atoms with E-state index in [2.05, 4.69) is 20.2 Å². The van der Waals surface area contributed by atoms with Gasteiger partial charge in [0.1, 0.15) is 6.61 Å². The molecule has 2 saturated carbocycles. The maximum absolute atomic E-state index is 11.1. The van der Waals surface area contributed by atoms with Gasteiger partial charge in [-0.15, -0.1) is 0 Å². The quantitative estimate of drug-likeness (QED) is 0.653. The van der Waals surface area contributed by atoms with Crippen LogP contribution in [-0.4, -0.2) is 51.1 Å². The molecule has 2 aromatic rings. The number of aliphatic carboxylic acids is 1. The van der Waals surface area contributed by atoms with Crippen LogP contribution in [0.1, 0.15) is 31.2 Å². The van der Waals surface area contributed by atoms with Gasteiger partial charge < -0.3 is 15.2 Å². The van der Waals surface area contributed by atoms with Crippen LogP contribution >= 0.6 is 0 Å². The summed E-state index contributed by atoms with van der Waals surface area (Å²) < 4.78 is 5.76. The number of aromatic nitrogens is 2. The Balaban J connectivity index is 1.26. The summed E-state index contributed by atoms with van der Waals surface area (Å²) in [5.74, 6) is 1.04. The van der Waals surface area contributed by atoms with Gasteiger partial charge in [0, 0.05) is 30.9 Å². The van der Waals surface area contributed by atoms with Crippen LogP contribution in [0.25, 0.3) is 0 Å². The van der Waals surface area contributed by atoms with Gasteiger partial charge >= 0.3 is 5.97 Å². The molecule has 1 aromatic heterocycles. The van der Waals surface area contributed by atoms with Crippen molar-refractivity contribution in [2.45, 2.75) is 44.4 Å². The van der Waals surface area contributed by atoms with Gasteiger partial charge in [-0.3, -0.25) is 9.69 Å². The number of nitrogens with one attached hydrogen (secondary N) is 1. The SMILES string of the molecule is O=C(O)CN(CC1CC1)C1CC(Nc2nccc(OCc3ccccc3)n2)C1. The first-order valence-electron chi connectivity index (χ1n) is 9.88. The lowest BCUT2D eigenvalue weighted by atomic mass is 9.85. The molecule has 0 atom stereocenters. The van der Waals surface area contributed by atoms with E-state index >= 15 is 0 Å². The molecule has 4 rings (SSSR count). The second kappa shape index (κ2) is 8.56. The van der Waals surface area contributed by atoms with E-state index in [9.17, 15) is 4.79 Å². The van der Waals surface area contributed by atoms with Gasteiger partial charge in [-0.05, 0) is 37.2 Å². The Morgan fingerprint density at radius 2 is 2.00 bits per heavy atom. The molecule has 0 radical (unpaired) electrons. The molecule has 2 aliphatic carbocycles. The minimum absolute atomic E-state index is 0.132. The van der Waals surface area contributed by atoms with Gasteiger partial charge in [-0.1, -0.05) is 30.3 Å². The lowest BCUT2D eigenvalue weighted by Gasteiger charge is -2.42. The smallest absolute Gasteiger partial charge is 0.317 e. The second-order valence-corrected chi connectivity index (χ2v) is 7.73. The van der Waals surface area contributed by atoms with Crippen molar-refractivity contribution in [1.29, 1.82) is 0 Å². The highest BCUT2D eigenvalue weighted by atomic mass is 16.5. The molecule has 0 amide bonds. The van der Waals surface area contributed by atoms with Crippen molar-refractivity contribution in [1.82, 2.24) is 14.9 Å². The fraction of sp³-hybridized carbons (Fsp3) is 0.476. The Morgan fingerprint density at radius 1 is 1.21 bits per heavy atom. The number of hydrogen-bond acceptors (Lipinski definition) is 6. The standard InChI is InChI=1S/C21H26N4O3/c26-20(27)13-25(12-15-6-7-15)18-10-17(11-18)23-21-22-9-8-19(24-21)28-14-16-4-2-1-3-5-16/h1-5,8-9,15,17-18H,6-7,10-14H2,(H,26,27)(H,22,23,24). The predicted octanol–water partition coefficient (Wildman–Crippen LogP) is 2.80. The zero-order valence-electron chi connectivity index (χ0n) is 15.8. The second-order valence-electron chi connectivity index (χ2n) is 7.73. The molecule has 7 heteroatoms. The fourth-order valence-electron chi connectivity index (χ4n) is 3.56. The number of carboxylic acid groups (broad SMARTS) is 1. The monoisotopic (exact) mass is 382 g/mol. The molecule has 0 spiro atoms. The Bertz CT molecular complexity index is 791. The first-order valence-corrected chi connectivity index (χ1v) is 9.88. The van der Waals surface area contributed by atoms with E-state index in [1.165, 1.54) is 12.8 Å². The number of carboxylic acids is 1. The third-order valence-electron chi connectivity index (χ3n) is 5.35. The van der Waals surface area contributed by atoms with E-state index in [1.54, 1.807) is 12.3 Å². The number of carbonyl (C=O) groups is 1. The molecule has 0 aliphatic heterocycles. The van der Waals surface area contributed by atoms with Gasteiger partial charge in [-0.2, -0.15) is 4.98 Å². The molecule has 28 heavy (non-hydrogen) atoms. The van der Waals surface area contributed by atoms with Crippen molar-refractivity contribution in [2.24, 2.45) is 5.92 Å². The predicted molar refractivity (Wildman–Crippen MR) is 105 cm³/mol. The first kappa shape index (κ1) is 18.7. The molecule has 2 N–H and O–H groups in total. The molecule has 0 saturated heterocycles. The van der Waals surface area contributed by atoms with Crippen molar-refractivity contribution >= 4 is 11.9 Å². The molecule has 1 heterocycles. The Hall–Kier alpha value is -2.67. The van der Waals surface area contributed by atoms with Crippen LogP contribution < -0.4 is 10.1 Å². The van der Waals surface area contributed by atoms with Crippen molar-refractivity contribution in [2.75, 3.05) is 18.4 Å². The lowest BCUT2D eigenvalue weighted by Crippen LogP contribution is -2.52. The average molecular weight is 382 g/mol. The van der Waals surface area contributed by atoms with E-state index in [1.807, 2.05) is 30.3 Å². The summed E-state index contributed by atoms with van der Waals surface area (Å²) in [5.41, 5.74) is 1.09. The molecule has 2 fully saturated rings. The molecule has 1 aromatic carbocycles. The van der Waals surface area contributed by atoms with Crippen LogP contribution in [0, 0.1) is 5.92 Å². The summed E-state index contributed by atoms with van der Waals surface area (Å²) in [5, 5.41) is 12.5. The summed E-state index contributed by atoms with van der Waals surface area (Å²) in [7, 11) is 0. The Morgan fingerprint density at radius 3 is 2.71 bits per heavy atom. The number of nitrogens with zero attached hydrogens (tertiary/aromatic N) is 3. The van der Waals surface area contributed by atoms with Crippen LogP contribution in [0.15, 0.2) is 42.6 Å². The van der Waals surface area contributed by atoms with Crippen molar-refractivity contribution in [3.8, 4) is 5.88 Å². The Kier molecular flexibility index (Phi) is 5.71. The van der Waals surface area contributed by atoms with Crippen LogP contribution in [0.5, 0.6) is 5.88 Å². The van der Waals surface area contributed by atoms with Gasteiger partial charge in [-0.25, -0.2) is 4.98 Å². The highest BCUT2D eigenvalue weighted by Crippen LogP contribution is 2.34. The zero-order chi connectivity index (χ0) is 19.3. The van der Waals surface area contributed by atoms with E-state index in [0.29, 0.717) is 30.4 Å². The number of anilines is 1. The summed E-state index contributed by atoms with van der Waals surface area (Å²) in [6, 6.07) is 12.3. The van der Waals surface area contributed by atoms with E-state index in [-0.39, 0.29) is 12.6 Å². The first-order chi connectivity index (χ1) is 13.7. The van der Waals surface area contributed by atoms with Crippen LogP contribution in [0.2, 0.25) is 0 Å². The van der Waals surface area contributed by atoms with Crippen LogP contribution in [0.4, 0.5) is 5.95 Å². The maximum Gasteiger partial charge on any atom is 0.317 e. The summed E-state index contributed by atoms with van der Waals surface area (Å²) >= 11 is 0. The van der Waals surface area contributed by atoms with Gasteiger partial charge in [0.15, 0.2) is 0 Å².